The number of amides is 2. The fourth-order valence-electron chi connectivity index (χ4n) is 4.18. The van der Waals surface area contributed by atoms with E-state index in [1.807, 2.05) is 20.8 Å². The Hall–Kier alpha value is -1.93. The minimum absolute atomic E-state index is 0.0100. The Morgan fingerprint density at radius 2 is 1.73 bits per heavy atom. The molecule has 8 heteroatoms. The number of hydrogen-bond donors (Lipinski definition) is 1. The van der Waals surface area contributed by atoms with Gasteiger partial charge < -0.3 is 10.2 Å². The van der Waals surface area contributed by atoms with Crippen molar-refractivity contribution in [3.63, 3.8) is 0 Å². The average molecular weight is 436 g/mol. The van der Waals surface area contributed by atoms with Crippen molar-refractivity contribution in [3.05, 3.63) is 29.8 Å². The zero-order valence-electron chi connectivity index (χ0n) is 18.1. The van der Waals surface area contributed by atoms with E-state index in [0.717, 1.165) is 18.4 Å². The second-order valence-electron chi connectivity index (χ2n) is 8.50. The molecule has 0 radical (unpaired) electrons. The quantitative estimate of drug-likeness (QED) is 0.743. The molecule has 7 nitrogen and oxygen atoms in total. The van der Waals surface area contributed by atoms with Crippen LogP contribution in [0.15, 0.2) is 29.2 Å². The SMILES string of the molecule is CCC(C)NC(=O)[C@H]1CCCN1C(=O)C1CCN(S(=O)(=O)c2ccc(C)cc2)CC1. The molecule has 0 aromatic heterocycles. The Morgan fingerprint density at radius 1 is 1.10 bits per heavy atom. The smallest absolute Gasteiger partial charge is 0.243 e. The molecule has 30 heavy (non-hydrogen) atoms. The normalized spacial score (nSPS) is 22.1. The standard InChI is InChI=1S/C22H33N3O4S/c1-4-17(3)23-21(26)20-6-5-13-25(20)22(27)18-11-14-24(15-12-18)30(28,29)19-9-7-16(2)8-10-19/h7-10,17-18,20H,4-6,11-15H2,1-3H3,(H,23,26)/t17?,20-/m1/s1. The van der Waals surface area contributed by atoms with Gasteiger partial charge in [0.25, 0.3) is 0 Å². The summed E-state index contributed by atoms with van der Waals surface area (Å²) in [5.74, 6) is -0.315. The lowest BCUT2D eigenvalue weighted by molar-refractivity contribution is -0.142. The number of likely N-dealkylation sites (tertiary alicyclic amines) is 1. The number of rotatable bonds is 6. The molecule has 0 bridgehead atoms. The van der Waals surface area contributed by atoms with Crippen molar-refractivity contribution < 1.29 is 18.0 Å². The van der Waals surface area contributed by atoms with E-state index in [9.17, 15) is 18.0 Å². The van der Waals surface area contributed by atoms with Gasteiger partial charge in [-0.3, -0.25) is 9.59 Å². The molecule has 0 aliphatic carbocycles. The fraction of sp³-hybridized carbons (Fsp3) is 0.636. The maximum atomic E-state index is 13.1. The van der Waals surface area contributed by atoms with E-state index in [2.05, 4.69) is 5.32 Å². The molecule has 2 atom stereocenters. The van der Waals surface area contributed by atoms with Crippen LogP contribution >= 0.6 is 0 Å². The first kappa shape index (κ1) is 22.7. The highest BCUT2D eigenvalue weighted by Gasteiger charge is 2.39. The largest absolute Gasteiger partial charge is 0.352 e. The van der Waals surface area contributed by atoms with Gasteiger partial charge in [0.2, 0.25) is 21.8 Å². The maximum Gasteiger partial charge on any atom is 0.243 e. The van der Waals surface area contributed by atoms with Crippen molar-refractivity contribution in [2.24, 2.45) is 5.92 Å². The lowest BCUT2D eigenvalue weighted by Gasteiger charge is -2.34. The summed E-state index contributed by atoms with van der Waals surface area (Å²) >= 11 is 0. The molecular formula is C22H33N3O4S. The monoisotopic (exact) mass is 435 g/mol. The van der Waals surface area contributed by atoms with Gasteiger partial charge in [0.05, 0.1) is 4.90 Å². The maximum absolute atomic E-state index is 13.1. The lowest BCUT2D eigenvalue weighted by Crippen LogP contribution is -2.51. The number of carbonyl (C=O) groups is 2. The number of aryl methyl sites for hydroxylation is 1. The molecule has 166 valence electrons. The van der Waals surface area contributed by atoms with Gasteiger partial charge in [-0.2, -0.15) is 4.31 Å². The van der Waals surface area contributed by atoms with Crippen LogP contribution in [0.5, 0.6) is 0 Å². The van der Waals surface area contributed by atoms with Crippen molar-refractivity contribution in [2.75, 3.05) is 19.6 Å². The second-order valence-corrected chi connectivity index (χ2v) is 10.4. The lowest BCUT2D eigenvalue weighted by atomic mass is 9.96. The van der Waals surface area contributed by atoms with E-state index in [0.29, 0.717) is 43.8 Å². The van der Waals surface area contributed by atoms with Crippen LogP contribution in [-0.4, -0.2) is 61.2 Å². The highest BCUT2D eigenvalue weighted by molar-refractivity contribution is 7.89. The first-order valence-electron chi connectivity index (χ1n) is 10.9. The average Bonchev–Trinajstić information content (AvgIpc) is 3.23. The first-order chi connectivity index (χ1) is 14.2. The van der Waals surface area contributed by atoms with Gasteiger partial charge in [-0.15, -0.1) is 0 Å². The number of carbonyl (C=O) groups excluding carboxylic acids is 2. The molecule has 2 heterocycles. The van der Waals surface area contributed by atoms with E-state index in [4.69, 9.17) is 0 Å². The molecule has 2 saturated heterocycles. The highest BCUT2D eigenvalue weighted by atomic mass is 32.2. The van der Waals surface area contributed by atoms with Crippen molar-refractivity contribution in [3.8, 4) is 0 Å². The molecule has 1 unspecified atom stereocenters. The summed E-state index contributed by atoms with van der Waals surface area (Å²) in [7, 11) is -3.54. The molecular weight excluding hydrogens is 402 g/mol. The van der Waals surface area contributed by atoms with Crippen LogP contribution in [-0.2, 0) is 19.6 Å². The number of hydrogen-bond acceptors (Lipinski definition) is 4. The van der Waals surface area contributed by atoms with Crippen LogP contribution in [0.2, 0.25) is 0 Å². The highest BCUT2D eigenvalue weighted by Crippen LogP contribution is 2.28. The number of nitrogens with one attached hydrogen (secondary N) is 1. The minimum Gasteiger partial charge on any atom is -0.352 e. The van der Waals surface area contributed by atoms with E-state index in [1.54, 1.807) is 29.2 Å². The van der Waals surface area contributed by atoms with Crippen LogP contribution in [0.1, 0.15) is 51.5 Å². The van der Waals surface area contributed by atoms with Gasteiger partial charge in [-0.25, -0.2) is 8.42 Å². The molecule has 1 N–H and O–H groups in total. The van der Waals surface area contributed by atoms with Crippen molar-refractivity contribution in [1.29, 1.82) is 0 Å². The second kappa shape index (κ2) is 9.47. The summed E-state index contributed by atoms with van der Waals surface area (Å²) in [6, 6.07) is 6.53. The number of nitrogens with zero attached hydrogens (tertiary/aromatic N) is 2. The van der Waals surface area contributed by atoms with Gasteiger partial charge in [-0.1, -0.05) is 24.6 Å². The summed E-state index contributed by atoms with van der Waals surface area (Å²) in [4.78, 5) is 27.7. The molecule has 2 aliphatic rings. The first-order valence-corrected chi connectivity index (χ1v) is 12.4. The third-order valence-electron chi connectivity index (χ3n) is 6.30. The Bertz CT molecular complexity index is 861. The predicted molar refractivity (Wildman–Crippen MR) is 115 cm³/mol. The van der Waals surface area contributed by atoms with E-state index >= 15 is 0 Å². The summed E-state index contributed by atoms with van der Waals surface area (Å²) in [5.41, 5.74) is 1.01. The fourth-order valence-corrected chi connectivity index (χ4v) is 5.65. The van der Waals surface area contributed by atoms with E-state index in [1.165, 1.54) is 4.31 Å². The van der Waals surface area contributed by atoms with Crippen molar-refractivity contribution in [2.45, 2.75) is 69.9 Å². The molecule has 0 saturated carbocycles. The van der Waals surface area contributed by atoms with Crippen LogP contribution in [0, 0.1) is 12.8 Å². The summed E-state index contributed by atoms with van der Waals surface area (Å²) in [6.07, 6.45) is 3.33. The Kier molecular flexibility index (Phi) is 7.18. The van der Waals surface area contributed by atoms with Crippen molar-refractivity contribution in [1.82, 2.24) is 14.5 Å². The topological polar surface area (TPSA) is 86.8 Å². The summed E-state index contributed by atoms with van der Waals surface area (Å²) in [5, 5.41) is 2.99. The molecule has 1 aromatic rings. The Balaban J connectivity index is 1.61. The summed E-state index contributed by atoms with van der Waals surface area (Å²) in [6.45, 7) is 7.14. The zero-order valence-corrected chi connectivity index (χ0v) is 19.0. The third kappa shape index (κ3) is 4.86. The van der Waals surface area contributed by atoms with E-state index < -0.39 is 16.1 Å². The number of benzene rings is 1. The Morgan fingerprint density at radius 3 is 2.33 bits per heavy atom. The zero-order chi connectivity index (χ0) is 21.9. The number of piperidine rings is 1. The third-order valence-corrected chi connectivity index (χ3v) is 8.21. The van der Waals surface area contributed by atoms with Crippen LogP contribution < -0.4 is 5.32 Å². The molecule has 2 aliphatic heterocycles. The predicted octanol–water partition coefficient (Wildman–Crippen LogP) is 2.30. The van der Waals surface area contributed by atoms with Crippen LogP contribution in [0.4, 0.5) is 0 Å². The van der Waals surface area contributed by atoms with Gasteiger partial charge in [-0.05, 0) is 58.1 Å². The molecule has 1 aromatic carbocycles. The Labute approximate surface area is 179 Å². The molecule has 2 fully saturated rings. The van der Waals surface area contributed by atoms with Crippen LogP contribution in [0.25, 0.3) is 0 Å². The van der Waals surface area contributed by atoms with Gasteiger partial charge in [0, 0.05) is 31.6 Å². The molecule has 3 rings (SSSR count). The molecule has 2 amide bonds. The van der Waals surface area contributed by atoms with Crippen LogP contribution in [0.3, 0.4) is 0 Å². The van der Waals surface area contributed by atoms with Crippen molar-refractivity contribution >= 4 is 21.8 Å². The van der Waals surface area contributed by atoms with Gasteiger partial charge in [0.1, 0.15) is 6.04 Å². The number of sulfonamides is 1. The van der Waals surface area contributed by atoms with Gasteiger partial charge >= 0.3 is 0 Å². The van der Waals surface area contributed by atoms with Gasteiger partial charge in [0.15, 0.2) is 0 Å². The summed E-state index contributed by atoms with van der Waals surface area (Å²) < 4.78 is 27.2. The van der Waals surface area contributed by atoms with E-state index in [-0.39, 0.29) is 23.8 Å². The minimum atomic E-state index is -3.54. The molecule has 0 spiro atoms.